The Labute approximate surface area is 125 Å². The molecule has 0 aromatic carbocycles. The van der Waals surface area contributed by atoms with E-state index in [1.165, 1.54) is 37.0 Å². The number of hydrogen-bond donors (Lipinski definition) is 1. The van der Waals surface area contributed by atoms with Crippen LogP contribution in [-0.4, -0.2) is 28.8 Å². The fourth-order valence-electron chi connectivity index (χ4n) is 4.37. The molecule has 5 nitrogen and oxygen atoms in total. The van der Waals surface area contributed by atoms with E-state index in [1.807, 2.05) is 0 Å². The molecule has 0 aromatic rings. The van der Waals surface area contributed by atoms with Gasteiger partial charge in [0.25, 0.3) is 0 Å². The highest BCUT2D eigenvalue weighted by atomic mass is 16.2. The zero-order valence-electron chi connectivity index (χ0n) is 12.5. The number of carbonyl (C=O) groups is 3. The van der Waals surface area contributed by atoms with Gasteiger partial charge in [-0.3, -0.25) is 19.8 Å². The molecule has 1 aliphatic heterocycles. The summed E-state index contributed by atoms with van der Waals surface area (Å²) in [7, 11) is 0. The van der Waals surface area contributed by atoms with Crippen molar-refractivity contribution in [2.75, 3.05) is 0 Å². The molecule has 1 N–H and O–H groups in total. The fourth-order valence-corrected chi connectivity index (χ4v) is 4.37. The maximum absolute atomic E-state index is 11.9. The van der Waals surface area contributed by atoms with Gasteiger partial charge in [0.1, 0.15) is 6.42 Å². The lowest BCUT2D eigenvalue weighted by Gasteiger charge is -2.40. The van der Waals surface area contributed by atoms with E-state index in [0.717, 1.165) is 37.5 Å². The molecule has 2 aliphatic carbocycles. The van der Waals surface area contributed by atoms with Gasteiger partial charge in [-0.1, -0.05) is 32.1 Å². The van der Waals surface area contributed by atoms with Crippen LogP contribution in [0, 0.1) is 11.8 Å². The summed E-state index contributed by atoms with van der Waals surface area (Å²) in [6.45, 7) is 0. The van der Waals surface area contributed by atoms with Gasteiger partial charge in [0.15, 0.2) is 0 Å². The molecular formula is C16H24N2O3. The molecule has 0 radical (unpaired) electrons. The summed E-state index contributed by atoms with van der Waals surface area (Å²) >= 11 is 0. The van der Waals surface area contributed by atoms with E-state index in [0.29, 0.717) is 0 Å². The van der Waals surface area contributed by atoms with Crippen molar-refractivity contribution in [1.29, 1.82) is 0 Å². The van der Waals surface area contributed by atoms with E-state index in [2.05, 4.69) is 5.32 Å². The van der Waals surface area contributed by atoms with Gasteiger partial charge in [0.05, 0.1) is 0 Å². The number of amides is 4. The zero-order valence-corrected chi connectivity index (χ0v) is 12.5. The van der Waals surface area contributed by atoms with Gasteiger partial charge in [-0.2, -0.15) is 0 Å². The average molecular weight is 292 g/mol. The van der Waals surface area contributed by atoms with Crippen molar-refractivity contribution in [3.8, 4) is 0 Å². The third kappa shape index (κ3) is 3.11. The molecule has 0 atom stereocenters. The molecule has 3 fully saturated rings. The molecule has 4 amide bonds. The first-order valence-corrected chi connectivity index (χ1v) is 8.31. The Morgan fingerprint density at radius 2 is 1.43 bits per heavy atom. The Morgan fingerprint density at radius 3 is 2.05 bits per heavy atom. The van der Waals surface area contributed by atoms with Crippen LogP contribution in [-0.2, 0) is 9.59 Å². The minimum Gasteiger partial charge on any atom is -0.277 e. The summed E-state index contributed by atoms with van der Waals surface area (Å²) in [5.74, 6) is 0.820. The van der Waals surface area contributed by atoms with Crippen molar-refractivity contribution < 1.29 is 14.4 Å². The monoisotopic (exact) mass is 292 g/mol. The van der Waals surface area contributed by atoms with Gasteiger partial charge < -0.3 is 0 Å². The second-order valence-electron chi connectivity index (χ2n) is 6.76. The highest BCUT2D eigenvalue weighted by Gasteiger charge is 2.38. The van der Waals surface area contributed by atoms with Crippen molar-refractivity contribution in [2.45, 2.75) is 70.3 Å². The molecule has 5 heteroatoms. The third-order valence-electron chi connectivity index (χ3n) is 5.47. The lowest BCUT2D eigenvalue weighted by molar-refractivity contribution is -0.138. The van der Waals surface area contributed by atoms with Crippen molar-refractivity contribution in [1.82, 2.24) is 10.2 Å². The molecule has 0 unspecified atom stereocenters. The molecule has 1 saturated heterocycles. The van der Waals surface area contributed by atoms with Crippen molar-refractivity contribution >= 4 is 17.8 Å². The van der Waals surface area contributed by atoms with Crippen molar-refractivity contribution in [3.05, 3.63) is 0 Å². The third-order valence-corrected chi connectivity index (χ3v) is 5.47. The number of barbiturate groups is 1. The number of nitrogens with zero attached hydrogens (tertiary/aromatic N) is 1. The van der Waals surface area contributed by atoms with E-state index in [1.54, 1.807) is 0 Å². The quantitative estimate of drug-likeness (QED) is 0.795. The Balaban J connectivity index is 1.56. The van der Waals surface area contributed by atoms with Crippen LogP contribution in [0.4, 0.5) is 4.79 Å². The summed E-state index contributed by atoms with van der Waals surface area (Å²) in [5.41, 5.74) is 0. The van der Waals surface area contributed by atoms with E-state index < -0.39 is 11.9 Å². The summed E-state index contributed by atoms with van der Waals surface area (Å²) < 4.78 is 0. The first-order valence-electron chi connectivity index (χ1n) is 8.31. The topological polar surface area (TPSA) is 66.5 Å². The standard InChI is InChI=1S/C16H24N2O3/c19-14-10-15(20)18(16(21)17-14)13-8-6-12(7-9-13)11-4-2-1-3-5-11/h11-13H,1-10H2,(H,17,19,21)/t12-,13-. The molecule has 2 saturated carbocycles. The smallest absolute Gasteiger partial charge is 0.277 e. The van der Waals surface area contributed by atoms with E-state index >= 15 is 0 Å². The van der Waals surface area contributed by atoms with Gasteiger partial charge >= 0.3 is 6.03 Å². The minimum absolute atomic E-state index is 0.00885. The highest BCUT2D eigenvalue weighted by Crippen LogP contribution is 2.39. The lowest BCUT2D eigenvalue weighted by Crippen LogP contribution is -2.57. The Morgan fingerprint density at radius 1 is 0.810 bits per heavy atom. The molecule has 0 spiro atoms. The number of rotatable bonds is 2. The fraction of sp³-hybridized carbons (Fsp3) is 0.812. The van der Waals surface area contributed by atoms with Crippen molar-refractivity contribution in [3.63, 3.8) is 0 Å². The highest BCUT2D eigenvalue weighted by molar-refractivity contribution is 6.14. The number of hydrogen-bond acceptors (Lipinski definition) is 3. The molecule has 3 aliphatic rings. The second-order valence-corrected chi connectivity index (χ2v) is 6.76. The largest absolute Gasteiger partial charge is 0.331 e. The molecule has 3 rings (SSSR count). The van der Waals surface area contributed by atoms with Crippen molar-refractivity contribution in [2.24, 2.45) is 11.8 Å². The van der Waals surface area contributed by atoms with Gasteiger partial charge in [0, 0.05) is 6.04 Å². The SMILES string of the molecule is O=C1CC(=O)N([C@H]2CC[C@H](C3CCCCC3)CC2)C(=O)N1. The van der Waals surface area contributed by atoms with Crippen LogP contribution in [0.15, 0.2) is 0 Å². The van der Waals surface area contributed by atoms with E-state index in [-0.39, 0.29) is 18.4 Å². The molecule has 21 heavy (non-hydrogen) atoms. The zero-order chi connectivity index (χ0) is 14.8. The Bertz CT molecular complexity index is 415. The van der Waals surface area contributed by atoms with E-state index in [4.69, 9.17) is 0 Å². The minimum atomic E-state index is -0.516. The van der Waals surface area contributed by atoms with Gasteiger partial charge in [-0.05, 0) is 37.5 Å². The van der Waals surface area contributed by atoms with Crippen LogP contribution in [0.3, 0.4) is 0 Å². The van der Waals surface area contributed by atoms with Crippen LogP contribution in [0.25, 0.3) is 0 Å². The molecule has 0 bridgehead atoms. The first-order chi connectivity index (χ1) is 10.1. The Kier molecular flexibility index (Phi) is 4.27. The van der Waals surface area contributed by atoms with Crippen LogP contribution in [0.5, 0.6) is 0 Å². The molecule has 0 aromatic heterocycles. The van der Waals surface area contributed by atoms with Crippen LogP contribution >= 0.6 is 0 Å². The summed E-state index contributed by atoms with van der Waals surface area (Å²) in [5, 5.41) is 2.26. The van der Waals surface area contributed by atoms with E-state index in [9.17, 15) is 14.4 Å². The van der Waals surface area contributed by atoms with Crippen LogP contribution in [0.2, 0.25) is 0 Å². The normalized spacial score (nSPS) is 32.2. The summed E-state index contributed by atoms with van der Waals surface area (Å²) in [4.78, 5) is 36.3. The number of carbonyl (C=O) groups excluding carboxylic acids is 3. The first kappa shape index (κ1) is 14.5. The number of nitrogens with one attached hydrogen (secondary N) is 1. The number of imide groups is 2. The number of urea groups is 1. The molecular weight excluding hydrogens is 268 g/mol. The Hall–Kier alpha value is -1.39. The van der Waals surface area contributed by atoms with Gasteiger partial charge in [-0.15, -0.1) is 0 Å². The molecule has 1 heterocycles. The maximum atomic E-state index is 11.9. The van der Waals surface area contributed by atoms with Gasteiger partial charge in [0.2, 0.25) is 11.8 Å². The van der Waals surface area contributed by atoms with Crippen LogP contribution < -0.4 is 5.32 Å². The molecule has 116 valence electrons. The van der Waals surface area contributed by atoms with Crippen LogP contribution in [0.1, 0.15) is 64.2 Å². The lowest BCUT2D eigenvalue weighted by atomic mass is 9.72. The second kappa shape index (κ2) is 6.16. The van der Waals surface area contributed by atoms with Gasteiger partial charge in [-0.25, -0.2) is 4.79 Å². The predicted octanol–water partition coefficient (Wildman–Crippen LogP) is 2.59. The summed E-state index contributed by atoms with van der Waals surface area (Å²) in [6.07, 6.45) is 10.6. The predicted molar refractivity (Wildman–Crippen MR) is 77.3 cm³/mol. The maximum Gasteiger partial charge on any atom is 0.331 e. The average Bonchev–Trinajstić information content (AvgIpc) is 2.48. The summed E-state index contributed by atoms with van der Waals surface area (Å²) in [6, 6.07) is -0.525.